The molecule has 0 saturated heterocycles. The highest BCUT2D eigenvalue weighted by atomic mass is 16.7. The number of aliphatic hydroxyl groups is 2. The lowest BCUT2D eigenvalue weighted by Crippen LogP contribution is -2.37. The van der Waals surface area contributed by atoms with Gasteiger partial charge in [0.15, 0.2) is 11.2 Å². The molecule has 2 heterocycles. The number of hydrogen-bond donors (Lipinski definition) is 2. The lowest BCUT2D eigenvalue weighted by molar-refractivity contribution is -0.218. The number of ketones is 2. The molecule has 4 aliphatic rings. The maximum Gasteiger partial charge on any atom is 0.313 e. The number of rotatable bonds is 2. The van der Waals surface area contributed by atoms with Crippen LogP contribution in [0.15, 0.2) is 97.1 Å². The molecule has 6 atom stereocenters. The Kier molecular flexibility index (Phi) is 8.38. The molecule has 8 rings (SSSR count). The first-order valence-electron chi connectivity index (χ1n) is 17.1. The molecular formula is C42H40O10. The van der Waals surface area contributed by atoms with Gasteiger partial charge in [-0.05, 0) is 52.7 Å². The zero-order valence-corrected chi connectivity index (χ0v) is 29.7. The molecule has 0 amide bonds. The SMILES string of the molecule is CC(C)(C)C(=O)O[C@@H]1O[C@]2(C(=O)c3ccccc3[C@H]2O)c2ccccc21.CC(C)(C)C(=O)O[C@@H]1O[C@]2(C(=O)c3ccccc3[C@H]2O)c2ccccc21. The van der Waals surface area contributed by atoms with Gasteiger partial charge in [-0.15, -0.1) is 0 Å². The van der Waals surface area contributed by atoms with Crippen LogP contribution in [0, 0.1) is 10.8 Å². The van der Waals surface area contributed by atoms with Gasteiger partial charge in [-0.2, -0.15) is 0 Å². The second kappa shape index (κ2) is 12.3. The highest BCUT2D eigenvalue weighted by Crippen LogP contribution is 2.58. The minimum absolute atomic E-state index is 0.317. The topological polar surface area (TPSA) is 146 Å². The fourth-order valence-electron chi connectivity index (χ4n) is 7.14. The molecule has 4 aromatic rings. The fourth-order valence-corrected chi connectivity index (χ4v) is 7.14. The van der Waals surface area contributed by atoms with Crippen LogP contribution in [0.2, 0.25) is 0 Å². The molecule has 0 fully saturated rings. The largest absolute Gasteiger partial charge is 0.431 e. The Hall–Kier alpha value is -5.00. The van der Waals surface area contributed by atoms with E-state index in [1.54, 1.807) is 139 Å². The number of Topliss-reactive ketones (excluding diaryl/α,β-unsaturated/α-hetero) is 2. The Morgan fingerprint density at radius 3 is 1.17 bits per heavy atom. The summed E-state index contributed by atoms with van der Waals surface area (Å²) >= 11 is 0. The summed E-state index contributed by atoms with van der Waals surface area (Å²) in [4.78, 5) is 51.1. The van der Waals surface area contributed by atoms with Gasteiger partial charge in [0, 0.05) is 33.4 Å². The van der Waals surface area contributed by atoms with E-state index >= 15 is 0 Å². The molecule has 10 heteroatoms. The molecule has 2 aliphatic carbocycles. The van der Waals surface area contributed by atoms with E-state index in [9.17, 15) is 29.4 Å². The van der Waals surface area contributed by atoms with E-state index in [4.69, 9.17) is 18.9 Å². The van der Waals surface area contributed by atoms with Gasteiger partial charge >= 0.3 is 11.9 Å². The van der Waals surface area contributed by atoms with Crippen molar-refractivity contribution in [1.29, 1.82) is 0 Å². The van der Waals surface area contributed by atoms with E-state index in [1.165, 1.54) is 0 Å². The minimum atomic E-state index is -1.58. The molecule has 0 unspecified atom stereocenters. The molecule has 0 radical (unpaired) electrons. The van der Waals surface area contributed by atoms with E-state index in [0.717, 1.165) is 0 Å². The number of fused-ring (bicyclic) bond motifs is 6. The van der Waals surface area contributed by atoms with Crippen molar-refractivity contribution in [2.45, 2.75) is 77.5 Å². The third kappa shape index (κ3) is 5.24. The van der Waals surface area contributed by atoms with E-state index < -0.39 is 58.8 Å². The Bertz CT molecular complexity index is 1970. The van der Waals surface area contributed by atoms with Crippen molar-refractivity contribution in [2.75, 3.05) is 0 Å². The van der Waals surface area contributed by atoms with Crippen LogP contribution >= 0.6 is 0 Å². The molecule has 0 saturated carbocycles. The van der Waals surface area contributed by atoms with Gasteiger partial charge in [-0.1, -0.05) is 97.1 Å². The van der Waals surface area contributed by atoms with Crippen LogP contribution < -0.4 is 0 Å². The van der Waals surface area contributed by atoms with Crippen LogP contribution in [-0.2, 0) is 39.7 Å². The van der Waals surface area contributed by atoms with Crippen LogP contribution in [0.5, 0.6) is 0 Å². The quantitative estimate of drug-likeness (QED) is 0.212. The van der Waals surface area contributed by atoms with Crippen molar-refractivity contribution in [3.8, 4) is 0 Å². The molecule has 268 valence electrons. The number of aliphatic hydroxyl groups excluding tert-OH is 2. The first-order chi connectivity index (χ1) is 24.5. The van der Waals surface area contributed by atoms with Crippen molar-refractivity contribution in [3.05, 3.63) is 142 Å². The monoisotopic (exact) mass is 704 g/mol. The summed E-state index contributed by atoms with van der Waals surface area (Å²) < 4.78 is 23.1. The number of esters is 2. The van der Waals surface area contributed by atoms with Gasteiger partial charge in [-0.25, -0.2) is 0 Å². The highest BCUT2D eigenvalue weighted by Gasteiger charge is 2.63. The highest BCUT2D eigenvalue weighted by molar-refractivity contribution is 6.09. The molecule has 52 heavy (non-hydrogen) atoms. The van der Waals surface area contributed by atoms with Gasteiger partial charge in [-0.3, -0.25) is 19.2 Å². The maximum absolute atomic E-state index is 13.2. The summed E-state index contributed by atoms with van der Waals surface area (Å²) in [6.45, 7) is 10.5. The Morgan fingerprint density at radius 1 is 0.538 bits per heavy atom. The molecule has 2 N–H and O–H groups in total. The van der Waals surface area contributed by atoms with Crippen molar-refractivity contribution in [1.82, 2.24) is 0 Å². The van der Waals surface area contributed by atoms with E-state index in [1.807, 2.05) is 0 Å². The number of carbonyl (C=O) groups is 4. The van der Waals surface area contributed by atoms with Gasteiger partial charge in [0.05, 0.1) is 10.8 Å². The summed E-state index contributed by atoms with van der Waals surface area (Å²) in [5.41, 5.74) is -0.423. The molecule has 0 aromatic heterocycles. The van der Waals surface area contributed by atoms with Crippen molar-refractivity contribution < 1.29 is 48.3 Å². The molecule has 2 spiro atoms. The van der Waals surface area contributed by atoms with Gasteiger partial charge in [0.25, 0.3) is 0 Å². The van der Waals surface area contributed by atoms with Crippen LogP contribution in [0.4, 0.5) is 0 Å². The lowest BCUT2D eigenvalue weighted by atomic mass is 9.87. The third-order valence-electron chi connectivity index (χ3n) is 9.91. The van der Waals surface area contributed by atoms with Crippen LogP contribution in [0.25, 0.3) is 0 Å². The zero-order valence-electron chi connectivity index (χ0n) is 29.7. The normalized spacial score (nSPS) is 26.7. The first kappa shape index (κ1) is 35.4. The second-order valence-electron chi connectivity index (χ2n) is 15.5. The van der Waals surface area contributed by atoms with Gasteiger partial charge in [0.2, 0.25) is 24.1 Å². The molecule has 0 bridgehead atoms. The van der Waals surface area contributed by atoms with Crippen molar-refractivity contribution in [2.24, 2.45) is 10.8 Å². The summed E-state index contributed by atoms with van der Waals surface area (Å²) in [5.74, 6) is -1.51. The maximum atomic E-state index is 13.2. The average Bonchev–Trinajstić information content (AvgIpc) is 3.76. The Balaban J connectivity index is 0.000000162. The van der Waals surface area contributed by atoms with Gasteiger partial charge in [0.1, 0.15) is 12.2 Å². The second-order valence-corrected chi connectivity index (χ2v) is 15.5. The summed E-state index contributed by atoms with van der Waals surface area (Å²) in [6.07, 6.45) is -4.40. The van der Waals surface area contributed by atoms with E-state index in [0.29, 0.717) is 44.5 Å². The standard InChI is InChI=1S/2C21H20O5/c2*1-20(2,3)19(24)25-18-14-10-6-7-11-15(14)21(26-18)16(22)12-8-4-5-9-13(12)17(21)23/h2*4-11,16,18,22H,1-3H3/t2*16-,18-,21-/m11/s1. The van der Waals surface area contributed by atoms with E-state index in [2.05, 4.69) is 0 Å². The average molecular weight is 705 g/mol. The van der Waals surface area contributed by atoms with Gasteiger partial charge < -0.3 is 29.2 Å². The van der Waals surface area contributed by atoms with Crippen molar-refractivity contribution >= 4 is 23.5 Å². The predicted molar refractivity (Wildman–Crippen MR) is 186 cm³/mol. The molecule has 2 aliphatic heterocycles. The number of benzene rings is 4. The summed E-state index contributed by atoms with van der Waals surface area (Å²) in [7, 11) is 0. The number of hydrogen-bond acceptors (Lipinski definition) is 10. The Labute approximate surface area is 301 Å². The fraction of sp³-hybridized carbons (Fsp3) is 0.333. The molecular weight excluding hydrogens is 664 g/mol. The van der Waals surface area contributed by atoms with Crippen LogP contribution in [0.1, 0.15) is 120 Å². The summed E-state index contributed by atoms with van der Waals surface area (Å²) in [5, 5.41) is 21.9. The van der Waals surface area contributed by atoms with Crippen LogP contribution in [-0.4, -0.2) is 33.7 Å². The van der Waals surface area contributed by atoms with Crippen LogP contribution in [0.3, 0.4) is 0 Å². The molecule has 4 aromatic carbocycles. The van der Waals surface area contributed by atoms with Crippen molar-refractivity contribution in [3.63, 3.8) is 0 Å². The smallest absolute Gasteiger partial charge is 0.313 e. The Morgan fingerprint density at radius 2 is 0.846 bits per heavy atom. The number of carbonyl (C=O) groups excluding carboxylic acids is 4. The summed E-state index contributed by atoms with van der Waals surface area (Å²) in [6, 6.07) is 28.0. The lowest BCUT2D eigenvalue weighted by Gasteiger charge is -2.28. The third-order valence-corrected chi connectivity index (χ3v) is 9.91. The van der Waals surface area contributed by atoms with E-state index in [-0.39, 0.29) is 11.6 Å². The minimum Gasteiger partial charge on any atom is -0.431 e. The first-order valence-corrected chi connectivity index (χ1v) is 17.1. The zero-order chi connectivity index (χ0) is 37.4. The molecule has 10 nitrogen and oxygen atoms in total. The predicted octanol–water partition coefficient (Wildman–Crippen LogP) is 6.86. The number of ether oxygens (including phenoxy) is 4.